The van der Waals surface area contributed by atoms with Gasteiger partial charge in [-0.2, -0.15) is 0 Å². The maximum atomic E-state index is 12.2. The highest BCUT2D eigenvalue weighted by molar-refractivity contribution is 9.10. The van der Waals surface area contributed by atoms with Gasteiger partial charge in [0, 0.05) is 20.6 Å². The molecule has 1 amide bonds. The van der Waals surface area contributed by atoms with Crippen molar-refractivity contribution in [3.05, 3.63) is 57.6 Å². The minimum absolute atomic E-state index is 0.121. The largest absolute Gasteiger partial charge is 0.322 e. The molecule has 0 unspecified atom stereocenters. The quantitative estimate of drug-likeness (QED) is 0.771. The van der Waals surface area contributed by atoms with Crippen LogP contribution in [0, 0.1) is 13.8 Å². The molecule has 4 heteroatoms. The first-order chi connectivity index (χ1) is 8.97. The van der Waals surface area contributed by atoms with Crippen LogP contribution in [0.15, 0.2) is 45.8 Å². The van der Waals surface area contributed by atoms with E-state index in [9.17, 15) is 4.79 Å². The Bertz CT molecular complexity index is 640. The first-order valence-corrected chi connectivity index (χ1v) is 7.08. The van der Waals surface area contributed by atoms with E-state index in [0.717, 1.165) is 26.2 Å². The summed E-state index contributed by atoms with van der Waals surface area (Å²) in [6, 6.07) is 11.3. The summed E-state index contributed by atoms with van der Waals surface area (Å²) in [7, 11) is 0. The van der Waals surface area contributed by atoms with Crippen molar-refractivity contribution < 1.29 is 4.79 Å². The van der Waals surface area contributed by atoms with Crippen molar-refractivity contribution >= 4 is 40.2 Å². The number of hydrogen-bond donors (Lipinski definition) is 2. The van der Waals surface area contributed by atoms with Gasteiger partial charge in [-0.05, 0) is 49.2 Å². The Morgan fingerprint density at radius 1 is 1.11 bits per heavy atom. The molecule has 19 heavy (non-hydrogen) atoms. The Morgan fingerprint density at radius 2 is 1.79 bits per heavy atom. The van der Waals surface area contributed by atoms with Gasteiger partial charge in [0.1, 0.15) is 0 Å². The predicted molar refractivity (Wildman–Crippen MR) is 85.3 cm³/mol. The molecule has 2 rings (SSSR count). The van der Waals surface area contributed by atoms with Crippen molar-refractivity contribution in [1.29, 1.82) is 0 Å². The second-order valence-corrected chi connectivity index (χ2v) is 5.79. The Hall–Kier alpha value is -1.26. The zero-order valence-electron chi connectivity index (χ0n) is 10.7. The number of carbonyl (C=O) groups excluding carboxylic acids is 1. The van der Waals surface area contributed by atoms with Crippen LogP contribution < -0.4 is 5.32 Å². The number of aryl methyl sites for hydroxylation is 2. The molecule has 0 atom stereocenters. The third-order valence-corrected chi connectivity index (χ3v) is 4.03. The highest BCUT2D eigenvalue weighted by Crippen LogP contribution is 2.22. The number of rotatable bonds is 2. The predicted octanol–water partition coefficient (Wildman–Crippen LogP) is 4.61. The molecule has 2 aromatic carbocycles. The van der Waals surface area contributed by atoms with E-state index >= 15 is 0 Å². The van der Waals surface area contributed by atoms with Gasteiger partial charge >= 0.3 is 0 Å². The third-order valence-electron chi connectivity index (χ3n) is 2.90. The Kier molecular flexibility index (Phi) is 4.32. The summed E-state index contributed by atoms with van der Waals surface area (Å²) in [4.78, 5) is 13.0. The monoisotopic (exact) mass is 335 g/mol. The number of halogens is 1. The van der Waals surface area contributed by atoms with E-state index in [1.165, 1.54) is 0 Å². The smallest absolute Gasteiger partial charge is 0.255 e. The molecule has 0 saturated carbocycles. The Morgan fingerprint density at radius 3 is 2.47 bits per heavy atom. The molecule has 0 radical (unpaired) electrons. The lowest BCUT2D eigenvalue weighted by Crippen LogP contribution is -2.13. The molecule has 0 saturated heterocycles. The minimum atomic E-state index is -0.121. The third kappa shape index (κ3) is 3.39. The van der Waals surface area contributed by atoms with E-state index in [4.69, 9.17) is 0 Å². The topological polar surface area (TPSA) is 29.1 Å². The van der Waals surface area contributed by atoms with Crippen LogP contribution in [-0.4, -0.2) is 5.91 Å². The fraction of sp³-hybridized carbons (Fsp3) is 0.133. The van der Waals surface area contributed by atoms with E-state index in [1.807, 2.05) is 44.2 Å². The van der Waals surface area contributed by atoms with Crippen molar-refractivity contribution in [3.63, 3.8) is 0 Å². The average Bonchev–Trinajstić information content (AvgIpc) is 2.36. The molecule has 0 bridgehead atoms. The van der Waals surface area contributed by atoms with Crippen molar-refractivity contribution in [2.24, 2.45) is 0 Å². The van der Waals surface area contributed by atoms with Crippen molar-refractivity contribution in [1.82, 2.24) is 0 Å². The Balaban J connectivity index is 2.25. The number of thiol groups is 1. The molecule has 0 aliphatic rings. The van der Waals surface area contributed by atoms with Crippen LogP contribution in [0.4, 0.5) is 5.69 Å². The van der Waals surface area contributed by atoms with Gasteiger partial charge in [-0.15, -0.1) is 12.6 Å². The van der Waals surface area contributed by atoms with Gasteiger partial charge in [0.15, 0.2) is 0 Å². The lowest BCUT2D eigenvalue weighted by atomic mass is 10.1. The zero-order valence-corrected chi connectivity index (χ0v) is 13.2. The summed E-state index contributed by atoms with van der Waals surface area (Å²) in [5, 5.41) is 2.89. The lowest BCUT2D eigenvalue weighted by molar-refractivity contribution is 0.102. The summed E-state index contributed by atoms with van der Waals surface area (Å²) in [6.45, 7) is 3.91. The Labute approximate surface area is 126 Å². The van der Waals surface area contributed by atoms with Gasteiger partial charge in [0.2, 0.25) is 0 Å². The summed E-state index contributed by atoms with van der Waals surface area (Å²) in [5.41, 5.74) is 3.48. The summed E-state index contributed by atoms with van der Waals surface area (Å²) in [6.07, 6.45) is 0. The fourth-order valence-corrected chi connectivity index (χ4v) is 2.31. The summed E-state index contributed by atoms with van der Waals surface area (Å²) >= 11 is 7.72. The zero-order chi connectivity index (χ0) is 14.0. The normalized spacial score (nSPS) is 10.3. The number of hydrogen-bond acceptors (Lipinski definition) is 2. The molecule has 2 nitrogen and oxygen atoms in total. The number of nitrogens with one attached hydrogen (secondary N) is 1. The molecule has 0 spiro atoms. The molecule has 98 valence electrons. The second-order valence-electron chi connectivity index (χ2n) is 4.42. The van der Waals surface area contributed by atoms with Crippen molar-refractivity contribution in [2.75, 3.05) is 5.32 Å². The molecule has 0 aliphatic carbocycles. The van der Waals surface area contributed by atoms with E-state index in [0.29, 0.717) is 5.56 Å². The van der Waals surface area contributed by atoms with Gasteiger partial charge in [0.05, 0.1) is 0 Å². The molecule has 0 heterocycles. The number of amides is 1. The molecule has 0 fully saturated rings. The van der Waals surface area contributed by atoms with Gasteiger partial charge in [-0.25, -0.2) is 0 Å². The van der Waals surface area contributed by atoms with E-state index < -0.39 is 0 Å². The average molecular weight is 336 g/mol. The molecular weight excluding hydrogens is 322 g/mol. The van der Waals surface area contributed by atoms with Crippen molar-refractivity contribution in [3.8, 4) is 0 Å². The van der Waals surface area contributed by atoms with Crippen LogP contribution >= 0.6 is 28.6 Å². The van der Waals surface area contributed by atoms with Crippen molar-refractivity contribution in [2.45, 2.75) is 18.7 Å². The number of carbonyl (C=O) groups is 1. The van der Waals surface area contributed by atoms with Crippen LogP contribution in [0.2, 0.25) is 0 Å². The van der Waals surface area contributed by atoms with Crippen LogP contribution in [0.1, 0.15) is 21.5 Å². The van der Waals surface area contributed by atoms with Gasteiger partial charge in [-0.3, -0.25) is 4.79 Å². The van der Waals surface area contributed by atoms with Gasteiger partial charge in [-0.1, -0.05) is 28.1 Å². The highest BCUT2D eigenvalue weighted by Gasteiger charge is 2.10. The van der Waals surface area contributed by atoms with Gasteiger partial charge < -0.3 is 5.32 Å². The lowest BCUT2D eigenvalue weighted by Gasteiger charge is -2.09. The van der Waals surface area contributed by atoms with Crippen LogP contribution in [0.3, 0.4) is 0 Å². The van der Waals surface area contributed by atoms with Crippen LogP contribution in [0.5, 0.6) is 0 Å². The molecule has 2 aromatic rings. The maximum absolute atomic E-state index is 12.2. The molecule has 0 aliphatic heterocycles. The summed E-state index contributed by atoms with van der Waals surface area (Å²) in [5.74, 6) is -0.121. The minimum Gasteiger partial charge on any atom is -0.322 e. The first kappa shape index (κ1) is 14.2. The molecular formula is C15H14BrNOS. The molecule has 1 N–H and O–H groups in total. The van der Waals surface area contributed by atoms with Crippen LogP contribution in [0.25, 0.3) is 0 Å². The summed E-state index contributed by atoms with van der Waals surface area (Å²) < 4.78 is 0.977. The maximum Gasteiger partial charge on any atom is 0.255 e. The number of anilines is 1. The fourth-order valence-electron chi connectivity index (χ4n) is 1.72. The SMILES string of the molecule is Cc1ccc(NC(=O)c2cc(S)ccc2C)cc1Br. The number of benzene rings is 2. The highest BCUT2D eigenvalue weighted by atomic mass is 79.9. The standard InChI is InChI=1S/C15H14BrNOS/c1-9-4-6-12(19)8-13(9)15(18)17-11-5-3-10(2)14(16)7-11/h3-8,19H,1-2H3,(H,17,18). The second kappa shape index (κ2) is 5.80. The van der Waals surface area contributed by atoms with E-state index in [1.54, 1.807) is 6.07 Å². The van der Waals surface area contributed by atoms with Crippen LogP contribution in [-0.2, 0) is 0 Å². The first-order valence-electron chi connectivity index (χ1n) is 5.84. The van der Waals surface area contributed by atoms with E-state index in [-0.39, 0.29) is 5.91 Å². The van der Waals surface area contributed by atoms with E-state index in [2.05, 4.69) is 33.9 Å². The van der Waals surface area contributed by atoms with Gasteiger partial charge in [0.25, 0.3) is 5.91 Å². The molecule has 0 aromatic heterocycles.